The van der Waals surface area contributed by atoms with Gasteiger partial charge in [0.05, 0.1) is 39.9 Å². The Morgan fingerprint density at radius 1 is 1.18 bits per heavy atom. The molecule has 1 aliphatic heterocycles. The number of alkyl halides is 3. The average molecular weight is 487 g/mol. The van der Waals surface area contributed by atoms with Gasteiger partial charge in [-0.2, -0.15) is 18.4 Å². The predicted molar refractivity (Wildman–Crippen MR) is 110 cm³/mol. The number of halogens is 3. The van der Waals surface area contributed by atoms with Gasteiger partial charge in [0.2, 0.25) is 5.91 Å². The van der Waals surface area contributed by atoms with Crippen LogP contribution in [-0.4, -0.2) is 50.5 Å². The fraction of sp³-hybridized carbons (Fsp3) is 0.636. The van der Waals surface area contributed by atoms with Crippen LogP contribution in [0.5, 0.6) is 0 Å². The summed E-state index contributed by atoms with van der Waals surface area (Å²) in [6, 6.07) is 6.15. The lowest BCUT2D eigenvalue weighted by Gasteiger charge is -2.28. The van der Waals surface area contributed by atoms with E-state index in [0.717, 1.165) is 18.2 Å². The van der Waals surface area contributed by atoms with Crippen LogP contribution in [0.3, 0.4) is 0 Å². The second-order valence-corrected chi connectivity index (χ2v) is 11.1. The number of hydrogen-bond donors (Lipinski definition) is 1. The lowest BCUT2D eigenvalue weighted by Crippen LogP contribution is -2.43. The van der Waals surface area contributed by atoms with E-state index in [1.54, 1.807) is 0 Å². The van der Waals surface area contributed by atoms with Crippen molar-refractivity contribution in [3.8, 4) is 6.07 Å². The number of nitrogens with one attached hydrogen (secondary N) is 1. The first-order valence-corrected chi connectivity index (χ1v) is 12.5. The van der Waals surface area contributed by atoms with Crippen molar-refractivity contribution in [2.75, 3.05) is 13.2 Å². The largest absolute Gasteiger partial charge is 0.417 e. The van der Waals surface area contributed by atoms with Gasteiger partial charge in [0, 0.05) is 13.2 Å². The van der Waals surface area contributed by atoms with Gasteiger partial charge in [0.15, 0.2) is 9.84 Å². The van der Waals surface area contributed by atoms with Crippen LogP contribution in [0.25, 0.3) is 0 Å². The zero-order chi connectivity index (χ0) is 23.9. The van der Waals surface area contributed by atoms with E-state index >= 15 is 0 Å². The highest BCUT2D eigenvalue weighted by Crippen LogP contribution is 2.42. The zero-order valence-electron chi connectivity index (χ0n) is 17.8. The van der Waals surface area contributed by atoms with Crippen LogP contribution in [0.1, 0.15) is 44.1 Å². The molecular weight excluding hydrogens is 461 g/mol. The summed E-state index contributed by atoms with van der Waals surface area (Å²) in [5.41, 5.74) is -2.17. The molecule has 0 spiro atoms. The second-order valence-electron chi connectivity index (χ2n) is 8.91. The zero-order valence-corrected chi connectivity index (χ0v) is 18.6. The second kappa shape index (κ2) is 8.89. The Kier molecular flexibility index (Phi) is 6.46. The van der Waals surface area contributed by atoms with Crippen LogP contribution in [-0.2, 0) is 30.3 Å². The number of nitriles is 1. The number of carbonyl (C=O) groups excluding carboxylic acids is 1. The minimum absolute atomic E-state index is 0.0937. The van der Waals surface area contributed by atoms with E-state index in [-0.39, 0.29) is 18.9 Å². The maximum atomic E-state index is 13.5. The summed E-state index contributed by atoms with van der Waals surface area (Å²) < 4.78 is 78.5. The minimum atomic E-state index is -4.83. The molecule has 1 aromatic rings. The van der Waals surface area contributed by atoms with Crippen LogP contribution >= 0.6 is 0 Å². The highest BCUT2D eigenvalue weighted by Gasteiger charge is 2.51. The molecule has 1 unspecified atom stereocenters. The molecule has 0 bridgehead atoms. The Morgan fingerprint density at radius 3 is 2.45 bits per heavy atom. The van der Waals surface area contributed by atoms with E-state index in [1.807, 2.05) is 0 Å². The topological polar surface area (TPSA) is 105 Å². The van der Waals surface area contributed by atoms with Crippen LogP contribution in [0.15, 0.2) is 29.2 Å². The molecule has 33 heavy (non-hydrogen) atoms. The van der Waals surface area contributed by atoms with Crippen molar-refractivity contribution in [1.82, 2.24) is 5.32 Å². The number of sulfone groups is 1. The lowest BCUT2D eigenvalue weighted by molar-refractivity contribution is -0.140. The SMILES string of the molecule is N#CC1(NC(=O)C2C[C@H](S(=O)(=O)c3ccccc3C(F)(F)F)C[C@@H]2OC2CCOCC2)CC1. The molecule has 1 amide bonds. The van der Waals surface area contributed by atoms with Gasteiger partial charge in [0.1, 0.15) is 5.54 Å². The molecule has 0 aromatic heterocycles. The normalized spacial score (nSPS) is 27.6. The standard InChI is InChI=1S/C22H25F3N2O5S/c23-22(24,25)17-3-1-2-4-19(17)33(29,30)15-11-16(20(28)27-21(13-26)7-8-21)18(12-15)32-14-5-9-31-10-6-14/h1-4,14-16,18H,5-12H2,(H,27,28)/t15-,16?,18-/m0/s1. The van der Waals surface area contributed by atoms with E-state index in [1.165, 1.54) is 6.07 Å². The summed E-state index contributed by atoms with van der Waals surface area (Å²) in [6.45, 7) is 0.957. The van der Waals surface area contributed by atoms with E-state index in [2.05, 4.69) is 11.4 Å². The van der Waals surface area contributed by atoms with Crippen molar-refractivity contribution in [1.29, 1.82) is 5.26 Å². The molecule has 1 heterocycles. The Morgan fingerprint density at radius 2 is 1.85 bits per heavy atom. The van der Waals surface area contributed by atoms with Gasteiger partial charge in [-0.05, 0) is 50.7 Å². The molecule has 1 saturated heterocycles. The molecule has 1 aromatic carbocycles. The molecule has 0 radical (unpaired) electrons. The first-order chi connectivity index (χ1) is 15.6. The first-order valence-electron chi connectivity index (χ1n) is 10.9. The maximum Gasteiger partial charge on any atom is 0.417 e. The van der Waals surface area contributed by atoms with Crippen LogP contribution in [0.4, 0.5) is 13.2 Å². The van der Waals surface area contributed by atoms with Gasteiger partial charge in [-0.25, -0.2) is 8.42 Å². The van der Waals surface area contributed by atoms with Crippen molar-refractivity contribution < 1.29 is 35.9 Å². The molecule has 1 N–H and O–H groups in total. The van der Waals surface area contributed by atoms with Crippen LogP contribution in [0, 0.1) is 17.2 Å². The van der Waals surface area contributed by atoms with E-state index in [4.69, 9.17) is 9.47 Å². The van der Waals surface area contributed by atoms with Gasteiger partial charge in [-0.3, -0.25) is 4.79 Å². The van der Waals surface area contributed by atoms with E-state index in [0.29, 0.717) is 38.9 Å². The molecule has 3 aliphatic rings. The van der Waals surface area contributed by atoms with Crippen molar-refractivity contribution in [2.24, 2.45) is 5.92 Å². The summed E-state index contributed by atoms with van der Waals surface area (Å²) in [5.74, 6) is -1.37. The summed E-state index contributed by atoms with van der Waals surface area (Å²) >= 11 is 0. The van der Waals surface area contributed by atoms with Gasteiger partial charge < -0.3 is 14.8 Å². The Bertz CT molecular complexity index is 1040. The molecule has 2 aliphatic carbocycles. The van der Waals surface area contributed by atoms with Crippen molar-refractivity contribution >= 4 is 15.7 Å². The number of amides is 1. The summed E-state index contributed by atoms with van der Waals surface area (Å²) in [7, 11) is -4.40. The van der Waals surface area contributed by atoms with Crippen molar-refractivity contribution in [2.45, 2.75) is 72.6 Å². The maximum absolute atomic E-state index is 13.5. The number of hydrogen-bond acceptors (Lipinski definition) is 6. The van der Waals surface area contributed by atoms with Gasteiger partial charge in [-0.15, -0.1) is 0 Å². The Labute approximate surface area is 190 Å². The van der Waals surface area contributed by atoms with E-state index in [9.17, 15) is 31.6 Å². The monoisotopic (exact) mass is 486 g/mol. The number of rotatable bonds is 6. The third-order valence-corrected chi connectivity index (χ3v) is 8.83. The Hall–Kier alpha value is -2.16. The fourth-order valence-corrected chi connectivity index (χ4v) is 6.56. The van der Waals surface area contributed by atoms with Gasteiger partial charge >= 0.3 is 6.18 Å². The average Bonchev–Trinajstić information content (AvgIpc) is 3.42. The smallest absolute Gasteiger partial charge is 0.381 e. The number of nitrogens with zero attached hydrogens (tertiary/aromatic N) is 1. The summed E-state index contributed by atoms with van der Waals surface area (Å²) in [6.07, 6.45) is -3.92. The van der Waals surface area contributed by atoms with Crippen molar-refractivity contribution in [3.05, 3.63) is 29.8 Å². The highest BCUT2D eigenvalue weighted by molar-refractivity contribution is 7.92. The van der Waals surface area contributed by atoms with Crippen LogP contribution < -0.4 is 5.32 Å². The molecule has 3 atom stereocenters. The number of ether oxygens (including phenoxy) is 2. The molecule has 3 fully saturated rings. The lowest BCUT2D eigenvalue weighted by atomic mass is 10.0. The number of benzene rings is 1. The first kappa shape index (κ1) is 24.0. The molecule has 4 rings (SSSR count). The molecule has 7 nitrogen and oxygen atoms in total. The quantitative estimate of drug-likeness (QED) is 0.663. The third-order valence-electron chi connectivity index (χ3n) is 6.60. The van der Waals surface area contributed by atoms with Crippen molar-refractivity contribution in [3.63, 3.8) is 0 Å². The molecule has 180 valence electrons. The highest BCUT2D eigenvalue weighted by atomic mass is 32.2. The predicted octanol–water partition coefficient (Wildman–Crippen LogP) is 2.99. The minimum Gasteiger partial charge on any atom is -0.381 e. The summed E-state index contributed by atoms with van der Waals surface area (Å²) in [5, 5.41) is 10.8. The number of carbonyl (C=O) groups is 1. The fourth-order valence-electron chi connectivity index (χ4n) is 4.54. The van der Waals surface area contributed by atoms with Crippen LogP contribution in [0.2, 0.25) is 0 Å². The molecule has 11 heteroatoms. The molecular formula is C22H25F3N2O5S. The third kappa shape index (κ3) is 5.03. The summed E-state index contributed by atoms with van der Waals surface area (Å²) in [4.78, 5) is 12.2. The van der Waals surface area contributed by atoms with Gasteiger partial charge in [0.25, 0.3) is 0 Å². The van der Waals surface area contributed by atoms with E-state index < -0.39 is 55.2 Å². The van der Waals surface area contributed by atoms with Gasteiger partial charge in [-0.1, -0.05) is 12.1 Å². The molecule has 2 saturated carbocycles. The Balaban J connectivity index is 1.60.